The molecule has 0 aromatic carbocycles. The number of hydrogen-bond donors (Lipinski definition) is 1. The Balaban J connectivity index is 2.07. The molecule has 15 heavy (non-hydrogen) atoms. The molecule has 1 aliphatic rings. The largest absolute Gasteiger partial charge is 0.335 e. The monoisotopic (exact) mass is 205 g/mol. The summed E-state index contributed by atoms with van der Waals surface area (Å²) in [6, 6.07) is 3.64. The minimum absolute atomic E-state index is 0.0189. The van der Waals surface area contributed by atoms with Crippen molar-refractivity contribution in [1.82, 2.24) is 9.88 Å². The number of pyridine rings is 1. The molecule has 80 valence electrons. The third-order valence-corrected chi connectivity index (χ3v) is 2.55. The van der Waals surface area contributed by atoms with Crippen LogP contribution in [0.15, 0.2) is 18.3 Å². The predicted molar refractivity (Wildman–Crippen MR) is 57.5 cm³/mol. The molecule has 2 rings (SSSR count). The van der Waals surface area contributed by atoms with Crippen molar-refractivity contribution < 1.29 is 4.79 Å². The Morgan fingerprint density at radius 1 is 1.53 bits per heavy atom. The molecule has 4 heteroatoms. The maximum atomic E-state index is 11.9. The quantitative estimate of drug-likeness (QED) is 0.729. The van der Waals surface area contributed by atoms with Gasteiger partial charge in [-0.05, 0) is 26.0 Å². The van der Waals surface area contributed by atoms with Gasteiger partial charge in [0.05, 0.1) is 5.56 Å². The summed E-state index contributed by atoms with van der Waals surface area (Å²) in [7, 11) is 0. The van der Waals surface area contributed by atoms with Gasteiger partial charge < -0.3 is 10.6 Å². The summed E-state index contributed by atoms with van der Waals surface area (Å²) in [5.41, 5.74) is 7.18. The predicted octanol–water partition coefficient (Wildman–Crippen LogP) is 0.563. The highest BCUT2D eigenvalue weighted by Crippen LogP contribution is 2.19. The molecule has 1 fully saturated rings. The number of amides is 1. The van der Waals surface area contributed by atoms with E-state index in [1.807, 2.05) is 19.9 Å². The average molecular weight is 205 g/mol. The van der Waals surface area contributed by atoms with E-state index in [1.54, 1.807) is 17.2 Å². The lowest BCUT2D eigenvalue weighted by atomic mass is 9.93. The maximum absolute atomic E-state index is 11.9. The lowest BCUT2D eigenvalue weighted by Gasteiger charge is -2.45. The number of rotatable bonds is 1. The molecular weight excluding hydrogens is 190 g/mol. The van der Waals surface area contributed by atoms with E-state index in [4.69, 9.17) is 5.73 Å². The number of aromatic nitrogens is 1. The molecule has 0 bridgehead atoms. The Kier molecular flexibility index (Phi) is 2.23. The van der Waals surface area contributed by atoms with Gasteiger partial charge in [0.2, 0.25) is 0 Å². The van der Waals surface area contributed by atoms with Crippen molar-refractivity contribution in [2.45, 2.75) is 19.4 Å². The number of carbonyl (C=O) groups excluding carboxylic acids is 1. The molecule has 2 N–H and O–H groups in total. The van der Waals surface area contributed by atoms with E-state index >= 15 is 0 Å². The van der Waals surface area contributed by atoms with Gasteiger partial charge in [-0.15, -0.1) is 0 Å². The van der Waals surface area contributed by atoms with Crippen molar-refractivity contribution in [3.05, 3.63) is 29.6 Å². The molecule has 1 amide bonds. The van der Waals surface area contributed by atoms with E-state index in [0.29, 0.717) is 18.7 Å². The van der Waals surface area contributed by atoms with Crippen molar-refractivity contribution in [3.8, 4) is 0 Å². The van der Waals surface area contributed by atoms with Gasteiger partial charge in [0, 0.05) is 30.5 Å². The molecule has 0 atom stereocenters. The fraction of sp³-hybridized carbons (Fsp3) is 0.455. The van der Waals surface area contributed by atoms with Crippen LogP contribution >= 0.6 is 0 Å². The normalized spacial score (nSPS) is 18.5. The Labute approximate surface area is 89.1 Å². The molecule has 4 nitrogen and oxygen atoms in total. The maximum Gasteiger partial charge on any atom is 0.255 e. The van der Waals surface area contributed by atoms with Gasteiger partial charge in [-0.25, -0.2) is 0 Å². The van der Waals surface area contributed by atoms with Gasteiger partial charge in [-0.1, -0.05) is 0 Å². The van der Waals surface area contributed by atoms with Crippen molar-refractivity contribution in [3.63, 3.8) is 0 Å². The van der Waals surface area contributed by atoms with E-state index in [0.717, 1.165) is 5.69 Å². The van der Waals surface area contributed by atoms with Gasteiger partial charge in [0.1, 0.15) is 0 Å². The number of nitrogens with two attached hydrogens (primary N) is 1. The molecule has 0 unspecified atom stereocenters. The summed E-state index contributed by atoms with van der Waals surface area (Å²) in [4.78, 5) is 17.7. The van der Waals surface area contributed by atoms with Crippen LogP contribution < -0.4 is 5.73 Å². The van der Waals surface area contributed by atoms with Crippen molar-refractivity contribution in [2.75, 3.05) is 13.1 Å². The lowest BCUT2D eigenvalue weighted by molar-refractivity contribution is 0.0453. The second-order valence-electron chi connectivity index (χ2n) is 4.50. The van der Waals surface area contributed by atoms with Crippen molar-refractivity contribution in [2.24, 2.45) is 5.73 Å². The fourth-order valence-corrected chi connectivity index (χ4v) is 1.75. The van der Waals surface area contributed by atoms with Crippen LogP contribution in [0, 0.1) is 6.92 Å². The highest BCUT2D eigenvalue weighted by atomic mass is 16.2. The molecular formula is C11H15N3O. The number of nitrogens with zero attached hydrogens (tertiary/aromatic N) is 2. The molecule has 1 saturated heterocycles. The van der Waals surface area contributed by atoms with Gasteiger partial charge in [-0.2, -0.15) is 0 Å². The van der Waals surface area contributed by atoms with Crippen LogP contribution in [0.4, 0.5) is 0 Å². The first-order chi connectivity index (χ1) is 6.98. The molecule has 0 saturated carbocycles. The van der Waals surface area contributed by atoms with Crippen LogP contribution in [0.1, 0.15) is 23.0 Å². The van der Waals surface area contributed by atoms with Gasteiger partial charge >= 0.3 is 0 Å². The third-order valence-electron chi connectivity index (χ3n) is 2.55. The fourth-order valence-electron chi connectivity index (χ4n) is 1.75. The third kappa shape index (κ3) is 1.99. The van der Waals surface area contributed by atoms with E-state index < -0.39 is 0 Å². The average Bonchev–Trinajstić information content (AvgIpc) is 2.14. The molecule has 0 spiro atoms. The highest BCUT2D eigenvalue weighted by Gasteiger charge is 2.38. The smallest absolute Gasteiger partial charge is 0.255 e. The standard InChI is InChI=1S/C11H15N3O/c1-8-3-4-9(5-13-8)10(15)14-6-11(2,12)7-14/h3-5H,6-7,12H2,1-2H3. The first kappa shape index (κ1) is 10.1. The summed E-state index contributed by atoms with van der Waals surface area (Å²) >= 11 is 0. The van der Waals surface area contributed by atoms with Gasteiger partial charge in [-0.3, -0.25) is 9.78 Å². The topological polar surface area (TPSA) is 59.2 Å². The Hall–Kier alpha value is -1.42. The summed E-state index contributed by atoms with van der Waals surface area (Å²) in [5.74, 6) is 0.0189. The number of aryl methyl sites for hydroxylation is 1. The van der Waals surface area contributed by atoms with Crippen LogP contribution in [0.3, 0.4) is 0 Å². The molecule has 0 aliphatic carbocycles. The van der Waals surface area contributed by atoms with E-state index in [9.17, 15) is 4.79 Å². The van der Waals surface area contributed by atoms with Crippen LogP contribution in [-0.4, -0.2) is 34.4 Å². The Bertz CT molecular complexity index is 375. The number of likely N-dealkylation sites (tertiary alicyclic amines) is 1. The van der Waals surface area contributed by atoms with Crippen molar-refractivity contribution >= 4 is 5.91 Å². The van der Waals surface area contributed by atoms with Crippen molar-refractivity contribution in [1.29, 1.82) is 0 Å². The molecule has 1 aliphatic heterocycles. The zero-order chi connectivity index (χ0) is 11.1. The highest BCUT2D eigenvalue weighted by molar-refractivity contribution is 5.94. The molecule has 1 aromatic heterocycles. The van der Waals surface area contributed by atoms with E-state index in [2.05, 4.69) is 4.98 Å². The zero-order valence-electron chi connectivity index (χ0n) is 9.03. The second kappa shape index (κ2) is 3.31. The first-order valence-electron chi connectivity index (χ1n) is 4.99. The lowest BCUT2D eigenvalue weighted by Crippen LogP contribution is -2.66. The minimum atomic E-state index is -0.214. The zero-order valence-corrected chi connectivity index (χ0v) is 9.03. The van der Waals surface area contributed by atoms with E-state index in [1.165, 1.54) is 0 Å². The number of hydrogen-bond acceptors (Lipinski definition) is 3. The minimum Gasteiger partial charge on any atom is -0.335 e. The summed E-state index contributed by atoms with van der Waals surface area (Å²) < 4.78 is 0. The summed E-state index contributed by atoms with van der Waals surface area (Å²) in [6.45, 7) is 5.10. The van der Waals surface area contributed by atoms with Crippen LogP contribution in [0.25, 0.3) is 0 Å². The first-order valence-corrected chi connectivity index (χ1v) is 4.99. The van der Waals surface area contributed by atoms with Gasteiger partial charge in [0.15, 0.2) is 0 Å². The molecule has 1 aromatic rings. The van der Waals surface area contributed by atoms with Crippen LogP contribution in [0.5, 0.6) is 0 Å². The number of carbonyl (C=O) groups is 1. The van der Waals surface area contributed by atoms with E-state index in [-0.39, 0.29) is 11.4 Å². The summed E-state index contributed by atoms with van der Waals surface area (Å²) in [6.07, 6.45) is 1.61. The van der Waals surface area contributed by atoms with Crippen LogP contribution in [0.2, 0.25) is 0 Å². The Morgan fingerprint density at radius 2 is 2.20 bits per heavy atom. The second-order valence-corrected chi connectivity index (χ2v) is 4.50. The molecule has 2 heterocycles. The van der Waals surface area contributed by atoms with Gasteiger partial charge in [0.25, 0.3) is 5.91 Å². The summed E-state index contributed by atoms with van der Waals surface area (Å²) in [5, 5.41) is 0. The SMILES string of the molecule is Cc1ccc(C(=O)N2CC(C)(N)C2)cn1. The Morgan fingerprint density at radius 3 is 2.67 bits per heavy atom. The molecule has 0 radical (unpaired) electrons. The van der Waals surface area contributed by atoms with Crippen LogP contribution in [-0.2, 0) is 0 Å².